The minimum Gasteiger partial charge on any atom is -0.489 e. The average molecular weight is 376 g/mol. The van der Waals surface area contributed by atoms with E-state index in [0.29, 0.717) is 12.6 Å². The first kappa shape index (κ1) is 18.3. The maximum atomic E-state index is 5.84. The Hall–Kier alpha value is -3.12. The van der Waals surface area contributed by atoms with Gasteiger partial charge >= 0.3 is 0 Å². The van der Waals surface area contributed by atoms with Crippen molar-refractivity contribution in [2.75, 3.05) is 36.5 Å². The van der Waals surface area contributed by atoms with E-state index in [1.807, 2.05) is 55.5 Å². The summed E-state index contributed by atoms with van der Waals surface area (Å²) in [5.74, 6) is 2.36. The molecule has 1 saturated heterocycles. The Kier molecular flexibility index (Phi) is 5.68. The lowest BCUT2D eigenvalue weighted by molar-refractivity contribution is 0.122. The molecule has 6 heteroatoms. The summed E-state index contributed by atoms with van der Waals surface area (Å²) in [4.78, 5) is 11.4. The van der Waals surface area contributed by atoms with E-state index < -0.39 is 0 Å². The summed E-state index contributed by atoms with van der Waals surface area (Å²) in [6, 6.07) is 20.0. The summed E-state index contributed by atoms with van der Waals surface area (Å²) < 4.78 is 11.3. The molecule has 1 aliphatic heterocycles. The van der Waals surface area contributed by atoms with Gasteiger partial charge < -0.3 is 19.7 Å². The summed E-state index contributed by atoms with van der Waals surface area (Å²) in [6.45, 7) is 5.70. The predicted molar refractivity (Wildman–Crippen MR) is 110 cm³/mol. The van der Waals surface area contributed by atoms with Crippen LogP contribution in [0.1, 0.15) is 11.3 Å². The molecule has 0 amide bonds. The van der Waals surface area contributed by atoms with E-state index >= 15 is 0 Å². The summed E-state index contributed by atoms with van der Waals surface area (Å²) in [5.41, 5.74) is 3.00. The second-order valence-corrected chi connectivity index (χ2v) is 6.71. The van der Waals surface area contributed by atoms with Crippen LogP contribution in [-0.2, 0) is 11.3 Å². The Morgan fingerprint density at radius 2 is 1.75 bits per heavy atom. The van der Waals surface area contributed by atoms with Crippen molar-refractivity contribution >= 4 is 17.5 Å². The summed E-state index contributed by atoms with van der Waals surface area (Å²) in [5, 5.41) is 3.29. The molecule has 6 nitrogen and oxygen atoms in total. The Morgan fingerprint density at radius 3 is 2.50 bits per heavy atom. The Morgan fingerprint density at radius 1 is 1.00 bits per heavy atom. The van der Waals surface area contributed by atoms with E-state index in [0.717, 1.165) is 54.8 Å². The summed E-state index contributed by atoms with van der Waals surface area (Å²) >= 11 is 0. The minimum absolute atomic E-state index is 0.553. The van der Waals surface area contributed by atoms with Crippen molar-refractivity contribution in [3.63, 3.8) is 0 Å². The second-order valence-electron chi connectivity index (χ2n) is 6.71. The van der Waals surface area contributed by atoms with Gasteiger partial charge in [0.15, 0.2) is 0 Å². The van der Waals surface area contributed by atoms with Gasteiger partial charge in [0.25, 0.3) is 0 Å². The number of benzene rings is 2. The third-order valence-corrected chi connectivity index (χ3v) is 4.53. The Balaban J connectivity index is 1.40. The van der Waals surface area contributed by atoms with Crippen molar-refractivity contribution in [1.82, 2.24) is 9.97 Å². The zero-order valence-electron chi connectivity index (χ0n) is 16.0. The smallest absolute Gasteiger partial charge is 0.229 e. The average Bonchev–Trinajstić information content (AvgIpc) is 2.74. The number of rotatable bonds is 6. The number of morpholine rings is 1. The van der Waals surface area contributed by atoms with E-state index in [2.05, 4.69) is 32.3 Å². The molecule has 0 unspecified atom stereocenters. The number of nitrogens with one attached hydrogen (secondary N) is 1. The van der Waals surface area contributed by atoms with E-state index in [1.54, 1.807) is 0 Å². The Labute approximate surface area is 165 Å². The molecule has 28 heavy (non-hydrogen) atoms. The molecule has 0 atom stereocenters. The predicted octanol–water partition coefficient (Wildman–Crippen LogP) is 3.94. The number of ether oxygens (including phenoxy) is 2. The van der Waals surface area contributed by atoms with Crippen molar-refractivity contribution in [2.24, 2.45) is 0 Å². The summed E-state index contributed by atoms with van der Waals surface area (Å²) in [6.07, 6.45) is 0. The lowest BCUT2D eigenvalue weighted by atomic mass is 10.2. The number of aromatic nitrogens is 2. The number of nitrogens with zero attached hydrogens (tertiary/aromatic N) is 3. The minimum atomic E-state index is 0.553. The molecule has 1 aromatic heterocycles. The molecule has 144 valence electrons. The monoisotopic (exact) mass is 376 g/mol. The first-order valence-electron chi connectivity index (χ1n) is 9.48. The van der Waals surface area contributed by atoms with Gasteiger partial charge in [0.2, 0.25) is 5.95 Å². The maximum Gasteiger partial charge on any atom is 0.229 e. The fourth-order valence-corrected chi connectivity index (χ4v) is 3.07. The van der Waals surface area contributed by atoms with Gasteiger partial charge in [-0.1, -0.05) is 30.3 Å². The van der Waals surface area contributed by atoms with Crippen molar-refractivity contribution < 1.29 is 9.47 Å². The van der Waals surface area contributed by atoms with Gasteiger partial charge in [-0.2, -0.15) is 4.98 Å². The molecule has 0 saturated carbocycles. The van der Waals surface area contributed by atoms with Gasteiger partial charge in [-0.3, -0.25) is 0 Å². The van der Waals surface area contributed by atoms with Gasteiger partial charge in [0.05, 0.1) is 13.2 Å². The molecule has 0 aliphatic carbocycles. The number of anilines is 3. The SMILES string of the molecule is Cc1cc(N2CCOCC2)nc(Nc2ccc(OCc3ccccc3)cc2)n1. The first-order chi connectivity index (χ1) is 13.8. The van der Waals surface area contributed by atoms with Crippen LogP contribution in [0.4, 0.5) is 17.5 Å². The van der Waals surface area contributed by atoms with Crippen LogP contribution in [-0.4, -0.2) is 36.3 Å². The molecular weight excluding hydrogens is 352 g/mol. The van der Waals surface area contributed by atoms with Crippen LogP contribution in [0.2, 0.25) is 0 Å². The van der Waals surface area contributed by atoms with Gasteiger partial charge in [0, 0.05) is 30.5 Å². The van der Waals surface area contributed by atoms with E-state index in [1.165, 1.54) is 0 Å². The molecular formula is C22H24N4O2. The van der Waals surface area contributed by atoms with Gasteiger partial charge in [0.1, 0.15) is 18.2 Å². The van der Waals surface area contributed by atoms with Crippen LogP contribution in [0.3, 0.4) is 0 Å². The van der Waals surface area contributed by atoms with Crippen molar-refractivity contribution in [3.8, 4) is 5.75 Å². The summed E-state index contributed by atoms with van der Waals surface area (Å²) in [7, 11) is 0. The molecule has 1 aliphatic rings. The second kappa shape index (κ2) is 8.71. The highest BCUT2D eigenvalue weighted by Crippen LogP contribution is 2.22. The molecule has 3 aromatic rings. The molecule has 2 heterocycles. The van der Waals surface area contributed by atoms with Gasteiger partial charge in [-0.25, -0.2) is 4.98 Å². The number of aryl methyl sites for hydroxylation is 1. The van der Waals surface area contributed by atoms with Crippen LogP contribution >= 0.6 is 0 Å². The zero-order valence-corrected chi connectivity index (χ0v) is 16.0. The van der Waals surface area contributed by atoms with Crippen LogP contribution in [0.15, 0.2) is 60.7 Å². The van der Waals surface area contributed by atoms with Crippen LogP contribution in [0.25, 0.3) is 0 Å². The highest BCUT2D eigenvalue weighted by Gasteiger charge is 2.14. The number of hydrogen-bond acceptors (Lipinski definition) is 6. The van der Waals surface area contributed by atoms with Gasteiger partial charge in [-0.15, -0.1) is 0 Å². The molecule has 0 spiro atoms. The molecule has 2 aromatic carbocycles. The molecule has 0 bridgehead atoms. The molecule has 1 fully saturated rings. The fourth-order valence-electron chi connectivity index (χ4n) is 3.07. The molecule has 0 radical (unpaired) electrons. The first-order valence-corrected chi connectivity index (χ1v) is 9.48. The van der Waals surface area contributed by atoms with E-state index in [4.69, 9.17) is 9.47 Å². The Bertz CT molecular complexity index is 894. The maximum absolute atomic E-state index is 5.84. The fraction of sp³-hybridized carbons (Fsp3) is 0.273. The molecule has 4 rings (SSSR count). The number of hydrogen-bond donors (Lipinski definition) is 1. The van der Waals surface area contributed by atoms with Crippen molar-refractivity contribution in [1.29, 1.82) is 0 Å². The third-order valence-electron chi connectivity index (χ3n) is 4.53. The van der Waals surface area contributed by atoms with Crippen LogP contribution in [0, 0.1) is 6.92 Å². The third kappa shape index (κ3) is 4.78. The standard InChI is InChI=1S/C22H24N4O2/c1-17-15-21(26-11-13-27-14-12-26)25-22(23-17)24-19-7-9-20(10-8-19)28-16-18-5-3-2-4-6-18/h2-10,15H,11-14,16H2,1H3,(H,23,24,25). The highest BCUT2D eigenvalue weighted by atomic mass is 16.5. The normalized spacial score (nSPS) is 14.0. The lowest BCUT2D eigenvalue weighted by Gasteiger charge is -2.28. The van der Waals surface area contributed by atoms with Gasteiger partial charge in [-0.05, 0) is 36.8 Å². The van der Waals surface area contributed by atoms with Crippen molar-refractivity contribution in [3.05, 3.63) is 71.9 Å². The van der Waals surface area contributed by atoms with E-state index in [9.17, 15) is 0 Å². The van der Waals surface area contributed by atoms with Crippen molar-refractivity contribution in [2.45, 2.75) is 13.5 Å². The van der Waals surface area contributed by atoms with Crippen LogP contribution in [0.5, 0.6) is 5.75 Å². The van der Waals surface area contributed by atoms with Crippen LogP contribution < -0.4 is 15.0 Å². The highest BCUT2D eigenvalue weighted by molar-refractivity contribution is 5.56. The quantitative estimate of drug-likeness (QED) is 0.703. The largest absolute Gasteiger partial charge is 0.489 e. The lowest BCUT2D eigenvalue weighted by Crippen LogP contribution is -2.36. The zero-order chi connectivity index (χ0) is 19.2. The van der Waals surface area contributed by atoms with E-state index in [-0.39, 0.29) is 0 Å². The topological polar surface area (TPSA) is 59.5 Å². The molecule has 1 N–H and O–H groups in total.